The quantitative estimate of drug-likeness (QED) is 0.0880. The van der Waals surface area contributed by atoms with E-state index in [0.29, 0.717) is 12.4 Å². The zero-order chi connectivity index (χ0) is 43.5. The second kappa shape index (κ2) is 18.0. The van der Waals surface area contributed by atoms with Crippen molar-refractivity contribution >= 4 is 23.6 Å². The van der Waals surface area contributed by atoms with Crippen molar-refractivity contribution in [1.82, 2.24) is 40.4 Å². The van der Waals surface area contributed by atoms with Gasteiger partial charge in [0.15, 0.2) is 0 Å². The topological polar surface area (TPSA) is 156 Å². The maximum Gasteiger partial charge on any atom is 0.250 e. The van der Waals surface area contributed by atoms with E-state index >= 15 is 0 Å². The molecule has 12 heteroatoms. The van der Waals surface area contributed by atoms with Gasteiger partial charge in [0.2, 0.25) is 23.6 Å². The SMILES string of the molecule is CC(c1ncc(-c2ccc(C#Cc3ccc(-c4cnc(C5CCCN5C(=O)C(NC(=O)C5CC5)c5ccccc5)[nH]4)cc3)cc2)[nH]1)N(C)C(=O)C(NC(=O)C1CC1)c1ccccc1. The molecule has 6 aromatic rings. The third-order valence-electron chi connectivity index (χ3n) is 12.3. The van der Waals surface area contributed by atoms with E-state index in [1.54, 1.807) is 18.1 Å². The smallest absolute Gasteiger partial charge is 0.250 e. The number of aromatic amines is 2. The molecule has 63 heavy (non-hydrogen) atoms. The van der Waals surface area contributed by atoms with Crippen molar-refractivity contribution in [3.8, 4) is 34.4 Å². The number of aromatic nitrogens is 4. The summed E-state index contributed by atoms with van der Waals surface area (Å²) < 4.78 is 0. The molecule has 0 spiro atoms. The van der Waals surface area contributed by atoms with Gasteiger partial charge in [-0.1, -0.05) is 96.8 Å². The number of hydrogen-bond acceptors (Lipinski definition) is 6. The van der Waals surface area contributed by atoms with Crippen molar-refractivity contribution in [3.63, 3.8) is 0 Å². The first kappa shape index (κ1) is 41.1. The molecule has 2 aliphatic carbocycles. The lowest BCUT2D eigenvalue weighted by molar-refractivity contribution is -0.138. The molecule has 3 aliphatic rings. The highest BCUT2D eigenvalue weighted by molar-refractivity contribution is 5.91. The summed E-state index contributed by atoms with van der Waals surface area (Å²) in [4.78, 5) is 73.1. The van der Waals surface area contributed by atoms with E-state index in [9.17, 15) is 19.2 Å². The van der Waals surface area contributed by atoms with Crippen molar-refractivity contribution < 1.29 is 19.2 Å². The van der Waals surface area contributed by atoms with Gasteiger partial charge >= 0.3 is 0 Å². The summed E-state index contributed by atoms with van der Waals surface area (Å²) >= 11 is 0. The van der Waals surface area contributed by atoms with E-state index in [1.807, 2.05) is 127 Å². The summed E-state index contributed by atoms with van der Waals surface area (Å²) in [6.45, 7) is 2.52. The summed E-state index contributed by atoms with van der Waals surface area (Å²) in [7, 11) is 1.74. The summed E-state index contributed by atoms with van der Waals surface area (Å²) in [5.41, 5.74) is 6.81. The first-order valence-corrected chi connectivity index (χ1v) is 21.8. The van der Waals surface area contributed by atoms with E-state index in [4.69, 9.17) is 4.98 Å². The van der Waals surface area contributed by atoms with Crippen LogP contribution in [0.4, 0.5) is 0 Å². The average molecular weight is 839 g/mol. The molecule has 12 nitrogen and oxygen atoms in total. The van der Waals surface area contributed by atoms with E-state index in [-0.39, 0.29) is 47.5 Å². The van der Waals surface area contributed by atoms with Crippen molar-refractivity contribution in [1.29, 1.82) is 0 Å². The molecular weight excluding hydrogens is 789 g/mol. The normalized spacial score (nSPS) is 17.2. The Morgan fingerprint density at radius 3 is 1.73 bits per heavy atom. The lowest BCUT2D eigenvalue weighted by Crippen LogP contribution is -2.43. The third kappa shape index (κ3) is 9.33. The number of benzene rings is 4. The fourth-order valence-corrected chi connectivity index (χ4v) is 8.09. The molecule has 2 saturated carbocycles. The Bertz CT molecular complexity index is 2660. The molecule has 4 amide bonds. The molecule has 0 radical (unpaired) electrons. The lowest BCUT2D eigenvalue weighted by atomic mass is 10.0. The second-order valence-corrected chi connectivity index (χ2v) is 16.8. The molecule has 318 valence electrons. The van der Waals surface area contributed by atoms with Crippen LogP contribution in [0.15, 0.2) is 122 Å². The Kier molecular flexibility index (Phi) is 11.7. The Morgan fingerprint density at radius 2 is 1.17 bits per heavy atom. The number of H-pyrrole nitrogens is 2. The maximum absolute atomic E-state index is 14.1. The van der Waals surface area contributed by atoms with Gasteiger partial charge in [-0.2, -0.15) is 0 Å². The summed E-state index contributed by atoms with van der Waals surface area (Å²) in [5.74, 6) is 7.41. The predicted molar refractivity (Wildman–Crippen MR) is 239 cm³/mol. The molecule has 3 heterocycles. The Morgan fingerprint density at radius 1 is 0.667 bits per heavy atom. The molecule has 0 bridgehead atoms. The fourth-order valence-electron chi connectivity index (χ4n) is 8.09. The first-order chi connectivity index (χ1) is 30.7. The molecule has 4 N–H and O–H groups in total. The van der Waals surface area contributed by atoms with E-state index < -0.39 is 12.1 Å². The van der Waals surface area contributed by atoms with Gasteiger partial charge in [-0.3, -0.25) is 19.2 Å². The highest BCUT2D eigenvalue weighted by Crippen LogP contribution is 2.36. The Balaban J connectivity index is 0.820. The van der Waals surface area contributed by atoms with Crippen molar-refractivity contribution in [2.75, 3.05) is 13.6 Å². The minimum absolute atomic E-state index is 0.00221. The number of rotatable bonds is 13. The molecule has 9 rings (SSSR count). The predicted octanol–water partition coefficient (Wildman–Crippen LogP) is 7.58. The minimum Gasteiger partial charge on any atom is -0.340 e. The number of likely N-dealkylation sites (tertiary alicyclic amines) is 1. The van der Waals surface area contributed by atoms with Gasteiger partial charge in [-0.15, -0.1) is 0 Å². The molecule has 4 aromatic carbocycles. The van der Waals surface area contributed by atoms with E-state index in [2.05, 4.69) is 37.4 Å². The van der Waals surface area contributed by atoms with E-state index in [0.717, 1.165) is 89.1 Å². The minimum atomic E-state index is -0.779. The molecule has 4 atom stereocenters. The van der Waals surface area contributed by atoms with Crippen LogP contribution in [0.1, 0.15) is 104 Å². The van der Waals surface area contributed by atoms with Gasteiger partial charge in [0, 0.05) is 36.6 Å². The number of carbonyl (C=O) groups excluding carboxylic acids is 4. The highest BCUT2D eigenvalue weighted by atomic mass is 16.2. The van der Waals surface area contributed by atoms with Gasteiger partial charge in [0.05, 0.1) is 35.9 Å². The van der Waals surface area contributed by atoms with Crippen LogP contribution < -0.4 is 10.6 Å². The largest absolute Gasteiger partial charge is 0.340 e. The summed E-state index contributed by atoms with van der Waals surface area (Å²) in [5, 5.41) is 6.02. The van der Waals surface area contributed by atoms with Gasteiger partial charge < -0.3 is 30.4 Å². The van der Waals surface area contributed by atoms with Crippen LogP contribution in [0, 0.1) is 23.7 Å². The van der Waals surface area contributed by atoms with Crippen LogP contribution in [-0.2, 0) is 19.2 Å². The monoisotopic (exact) mass is 838 g/mol. The van der Waals surface area contributed by atoms with Crippen molar-refractivity contribution in [3.05, 3.63) is 155 Å². The zero-order valence-corrected chi connectivity index (χ0v) is 35.4. The third-order valence-corrected chi connectivity index (χ3v) is 12.3. The average Bonchev–Trinajstić information content (AvgIpc) is 4.20. The molecular formula is C51H50N8O4. The van der Waals surface area contributed by atoms with Gasteiger partial charge in [0.25, 0.3) is 0 Å². The second-order valence-electron chi connectivity index (χ2n) is 16.8. The Labute approximate surface area is 366 Å². The number of likely N-dealkylation sites (N-methyl/N-ethyl adjacent to an activating group) is 1. The highest BCUT2D eigenvalue weighted by Gasteiger charge is 2.39. The Hall–Kier alpha value is -7.26. The molecule has 3 fully saturated rings. The van der Waals surface area contributed by atoms with Crippen molar-refractivity contribution in [2.24, 2.45) is 11.8 Å². The first-order valence-electron chi connectivity index (χ1n) is 21.8. The number of carbonyl (C=O) groups is 4. The number of nitrogens with zero attached hydrogens (tertiary/aromatic N) is 4. The van der Waals surface area contributed by atoms with Crippen LogP contribution in [0.25, 0.3) is 22.5 Å². The molecule has 2 aromatic heterocycles. The summed E-state index contributed by atoms with van der Waals surface area (Å²) in [6.07, 6.45) is 8.66. The van der Waals surface area contributed by atoms with Gasteiger partial charge in [0.1, 0.15) is 23.7 Å². The number of hydrogen-bond donors (Lipinski definition) is 4. The van der Waals surface area contributed by atoms with Gasteiger partial charge in [-0.25, -0.2) is 9.97 Å². The van der Waals surface area contributed by atoms with Crippen LogP contribution in [-0.4, -0.2) is 67.0 Å². The fraction of sp³-hybridized carbons (Fsp3) is 0.294. The zero-order valence-electron chi connectivity index (χ0n) is 35.4. The van der Waals surface area contributed by atoms with Crippen molar-refractivity contribution in [2.45, 2.75) is 69.6 Å². The number of nitrogens with one attached hydrogen (secondary N) is 4. The number of imidazole rings is 2. The summed E-state index contributed by atoms with van der Waals surface area (Å²) in [6, 6.07) is 32.6. The van der Waals surface area contributed by atoms with Crippen LogP contribution in [0.5, 0.6) is 0 Å². The van der Waals surface area contributed by atoms with Crippen LogP contribution in [0.2, 0.25) is 0 Å². The van der Waals surface area contributed by atoms with Crippen LogP contribution >= 0.6 is 0 Å². The molecule has 1 saturated heterocycles. The number of amides is 4. The van der Waals surface area contributed by atoms with Crippen LogP contribution in [0.3, 0.4) is 0 Å². The van der Waals surface area contributed by atoms with Gasteiger partial charge in [-0.05, 0) is 92.0 Å². The molecule has 1 aliphatic heterocycles. The lowest BCUT2D eigenvalue weighted by Gasteiger charge is -2.28. The standard InChI is InChI=1S/C51H50N8O4/c1-32(58(2)50(62)44(37-10-5-3-6-11-37)56-48(60)39-25-26-39)46-52-30-41(54-46)35-21-17-33(18-22-35)15-16-34-19-23-36(24-20-34)42-31-53-47(55-42)43-14-9-29-59(43)51(63)45(38-12-7-4-8-13-38)57-49(61)40-27-28-40/h3-8,10-13,17-24,30-32,39-40,43-45H,9,14,25-29H2,1-2H3,(H,52,54)(H,53,55)(H,56,60)(H,57,61). The maximum atomic E-state index is 14.1. The molecule has 4 unspecified atom stereocenters. The van der Waals surface area contributed by atoms with E-state index in [1.165, 1.54) is 0 Å².